The lowest BCUT2D eigenvalue weighted by atomic mass is 9.97. The third kappa shape index (κ3) is 6.70. The van der Waals surface area contributed by atoms with Crippen molar-refractivity contribution >= 4 is 10.8 Å². The lowest BCUT2D eigenvalue weighted by molar-refractivity contribution is 0.581. The van der Waals surface area contributed by atoms with E-state index in [0.717, 1.165) is 18.3 Å². The maximum Gasteiger partial charge on any atom is 0.0403 e. The van der Waals surface area contributed by atoms with Crippen molar-refractivity contribution in [3.05, 3.63) is 78.1 Å². The maximum absolute atomic E-state index is 4.25. The van der Waals surface area contributed by atoms with Crippen LogP contribution in [-0.4, -0.2) is 4.98 Å². The van der Waals surface area contributed by atoms with E-state index in [9.17, 15) is 0 Å². The Hall–Kier alpha value is -2.15. The molecule has 1 heteroatoms. The number of aryl methyl sites for hydroxylation is 1. The molecule has 0 bridgehead atoms. The molecule has 0 amide bonds. The Bertz CT molecular complexity index is 739. The SMILES string of the molecule is CC(C)CCc1ccccn1.CC(C)Cc1cccc2ccccc12. The summed E-state index contributed by atoms with van der Waals surface area (Å²) in [7, 11) is 0. The molecule has 0 aliphatic rings. The molecule has 1 aromatic heterocycles. The molecule has 3 rings (SSSR count). The van der Waals surface area contributed by atoms with E-state index in [1.165, 1.54) is 34.9 Å². The minimum absolute atomic E-state index is 0.723. The number of hydrogen-bond acceptors (Lipinski definition) is 1. The van der Waals surface area contributed by atoms with E-state index in [-0.39, 0.29) is 0 Å². The number of aromatic nitrogens is 1. The highest BCUT2D eigenvalue weighted by atomic mass is 14.7. The molecule has 0 saturated carbocycles. The zero-order chi connectivity index (χ0) is 18.1. The number of benzene rings is 2. The number of hydrogen-bond donors (Lipinski definition) is 0. The first kappa shape index (κ1) is 19.2. The Labute approximate surface area is 153 Å². The molecule has 0 atom stereocenters. The molecule has 0 aliphatic carbocycles. The van der Waals surface area contributed by atoms with Crippen LogP contribution in [0.1, 0.15) is 45.4 Å². The van der Waals surface area contributed by atoms with Crippen molar-refractivity contribution in [3.8, 4) is 0 Å². The van der Waals surface area contributed by atoms with E-state index in [0.29, 0.717) is 0 Å². The summed E-state index contributed by atoms with van der Waals surface area (Å²) in [6.07, 6.45) is 5.37. The van der Waals surface area contributed by atoms with E-state index in [1.54, 1.807) is 0 Å². The average molecular weight is 334 g/mol. The molecule has 0 aliphatic heterocycles. The average Bonchev–Trinajstić information content (AvgIpc) is 2.61. The van der Waals surface area contributed by atoms with Gasteiger partial charge in [0, 0.05) is 11.9 Å². The first-order chi connectivity index (χ1) is 12.1. The second kappa shape index (κ2) is 9.98. The first-order valence-electron chi connectivity index (χ1n) is 9.42. The zero-order valence-corrected chi connectivity index (χ0v) is 16.1. The fourth-order valence-electron chi connectivity index (χ4n) is 2.89. The summed E-state index contributed by atoms with van der Waals surface area (Å²) in [6.45, 7) is 9.01. The van der Waals surface area contributed by atoms with E-state index >= 15 is 0 Å². The zero-order valence-electron chi connectivity index (χ0n) is 16.1. The summed E-state index contributed by atoms with van der Waals surface area (Å²) in [5, 5.41) is 2.76. The van der Waals surface area contributed by atoms with Crippen molar-refractivity contribution in [3.63, 3.8) is 0 Å². The summed E-state index contributed by atoms with van der Waals surface area (Å²) in [5.41, 5.74) is 2.68. The van der Waals surface area contributed by atoms with Gasteiger partial charge in [-0.3, -0.25) is 4.98 Å². The van der Waals surface area contributed by atoms with E-state index in [4.69, 9.17) is 0 Å². The molecular weight excluding hydrogens is 302 g/mol. The number of nitrogens with zero attached hydrogens (tertiary/aromatic N) is 1. The van der Waals surface area contributed by atoms with Gasteiger partial charge in [0.05, 0.1) is 0 Å². The topological polar surface area (TPSA) is 12.9 Å². The van der Waals surface area contributed by atoms with E-state index < -0.39 is 0 Å². The van der Waals surface area contributed by atoms with Gasteiger partial charge >= 0.3 is 0 Å². The molecule has 1 nitrogen and oxygen atoms in total. The van der Waals surface area contributed by atoms with Crippen LogP contribution >= 0.6 is 0 Å². The molecule has 0 spiro atoms. The number of rotatable bonds is 5. The molecule has 0 saturated heterocycles. The number of fused-ring (bicyclic) bond motifs is 1. The predicted molar refractivity (Wildman–Crippen MR) is 110 cm³/mol. The fourth-order valence-corrected chi connectivity index (χ4v) is 2.89. The van der Waals surface area contributed by atoms with Crippen molar-refractivity contribution in [2.75, 3.05) is 0 Å². The van der Waals surface area contributed by atoms with Crippen LogP contribution in [0, 0.1) is 11.8 Å². The van der Waals surface area contributed by atoms with Crippen LogP contribution in [0.4, 0.5) is 0 Å². The highest BCUT2D eigenvalue weighted by Crippen LogP contribution is 2.20. The summed E-state index contributed by atoms with van der Waals surface area (Å²) in [4.78, 5) is 4.25. The Morgan fingerprint density at radius 2 is 1.48 bits per heavy atom. The quantitative estimate of drug-likeness (QED) is 0.505. The molecule has 0 N–H and O–H groups in total. The van der Waals surface area contributed by atoms with Crippen LogP contribution in [0.2, 0.25) is 0 Å². The molecule has 3 aromatic rings. The summed E-state index contributed by atoms with van der Waals surface area (Å²) in [5.74, 6) is 1.50. The third-order valence-corrected chi connectivity index (χ3v) is 4.21. The normalized spacial score (nSPS) is 10.8. The molecule has 1 heterocycles. The van der Waals surface area contributed by atoms with Crippen molar-refractivity contribution in [1.29, 1.82) is 0 Å². The van der Waals surface area contributed by atoms with Crippen LogP contribution < -0.4 is 0 Å². The van der Waals surface area contributed by atoms with Gasteiger partial charge < -0.3 is 0 Å². The Kier molecular flexibility index (Phi) is 7.66. The van der Waals surface area contributed by atoms with Gasteiger partial charge in [0.1, 0.15) is 0 Å². The molecule has 0 unspecified atom stereocenters. The van der Waals surface area contributed by atoms with Crippen LogP contribution in [-0.2, 0) is 12.8 Å². The molecule has 2 aromatic carbocycles. The summed E-state index contributed by atoms with van der Waals surface area (Å²) < 4.78 is 0. The minimum Gasteiger partial charge on any atom is -0.261 e. The van der Waals surface area contributed by atoms with Crippen molar-refractivity contribution in [2.24, 2.45) is 11.8 Å². The van der Waals surface area contributed by atoms with Crippen molar-refractivity contribution in [1.82, 2.24) is 4.98 Å². The first-order valence-corrected chi connectivity index (χ1v) is 9.42. The Morgan fingerprint density at radius 1 is 0.760 bits per heavy atom. The largest absolute Gasteiger partial charge is 0.261 e. The monoisotopic (exact) mass is 333 g/mol. The number of pyridine rings is 1. The van der Waals surface area contributed by atoms with Crippen LogP contribution in [0.3, 0.4) is 0 Å². The van der Waals surface area contributed by atoms with Gasteiger partial charge in [-0.05, 0) is 59.6 Å². The van der Waals surface area contributed by atoms with E-state index in [2.05, 4.69) is 81.2 Å². The third-order valence-electron chi connectivity index (χ3n) is 4.21. The smallest absolute Gasteiger partial charge is 0.0403 e. The van der Waals surface area contributed by atoms with E-state index in [1.807, 2.05) is 18.3 Å². The standard InChI is InChI=1S/C14H16.C10H15N/c1-11(2)10-13-8-5-7-12-6-3-4-9-14(12)13;1-9(2)6-7-10-5-3-4-8-11-10/h3-9,11H,10H2,1-2H3;3-5,8-9H,6-7H2,1-2H3. The lowest BCUT2D eigenvalue weighted by Crippen LogP contribution is -1.94. The van der Waals surface area contributed by atoms with Crippen LogP contribution in [0.15, 0.2) is 66.9 Å². The molecule has 132 valence electrons. The minimum atomic E-state index is 0.723. The van der Waals surface area contributed by atoms with Crippen molar-refractivity contribution in [2.45, 2.75) is 47.0 Å². The second-order valence-electron chi connectivity index (χ2n) is 7.49. The van der Waals surface area contributed by atoms with Gasteiger partial charge in [0.25, 0.3) is 0 Å². The van der Waals surface area contributed by atoms with Crippen LogP contribution in [0.25, 0.3) is 10.8 Å². The van der Waals surface area contributed by atoms with Gasteiger partial charge in [-0.25, -0.2) is 0 Å². The van der Waals surface area contributed by atoms with Gasteiger partial charge in [-0.1, -0.05) is 76.2 Å². The predicted octanol–water partition coefficient (Wildman–Crippen LogP) is 6.71. The summed E-state index contributed by atoms with van der Waals surface area (Å²) >= 11 is 0. The highest BCUT2D eigenvalue weighted by Gasteiger charge is 2.01. The molecule has 0 fully saturated rings. The lowest BCUT2D eigenvalue weighted by Gasteiger charge is -2.08. The Balaban J connectivity index is 0.000000186. The van der Waals surface area contributed by atoms with Gasteiger partial charge in [-0.2, -0.15) is 0 Å². The van der Waals surface area contributed by atoms with Crippen molar-refractivity contribution < 1.29 is 0 Å². The fraction of sp³-hybridized carbons (Fsp3) is 0.375. The highest BCUT2D eigenvalue weighted by molar-refractivity contribution is 5.85. The molecule has 0 radical (unpaired) electrons. The Morgan fingerprint density at radius 3 is 2.16 bits per heavy atom. The summed E-state index contributed by atoms with van der Waals surface area (Å²) in [6, 6.07) is 21.3. The maximum atomic E-state index is 4.25. The van der Waals surface area contributed by atoms with Gasteiger partial charge in [0.2, 0.25) is 0 Å². The van der Waals surface area contributed by atoms with Gasteiger partial charge in [0.15, 0.2) is 0 Å². The van der Waals surface area contributed by atoms with Gasteiger partial charge in [-0.15, -0.1) is 0 Å². The molecular formula is C24H31N. The molecule has 25 heavy (non-hydrogen) atoms. The second-order valence-corrected chi connectivity index (χ2v) is 7.49. The van der Waals surface area contributed by atoms with Crippen LogP contribution in [0.5, 0.6) is 0 Å².